The molecule has 0 heterocycles. The van der Waals surface area contributed by atoms with E-state index in [1.54, 1.807) is 24.3 Å². The van der Waals surface area contributed by atoms with Crippen LogP contribution in [0.4, 0.5) is 10.1 Å². The van der Waals surface area contributed by atoms with Crippen molar-refractivity contribution in [2.24, 2.45) is 0 Å². The summed E-state index contributed by atoms with van der Waals surface area (Å²) in [6, 6.07) is 10.9. The van der Waals surface area contributed by atoms with E-state index in [-0.39, 0.29) is 19.0 Å². The van der Waals surface area contributed by atoms with Crippen LogP contribution in [0.3, 0.4) is 0 Å². The van der Waals surface area contributed by atoms with Crippen molar-refractivity contribution in [1.29, 1.82) is 0 Å². The molecular weight excluding hydrogens is 387 g/mol. The number of hydrogen-bond donors (Lipinski definition) is 1. The number of nitrogens with zero attached hydrogens (tertiary/aromatic N) is 1. The Labute approximate surface area is 164 Å². The molecule has 2 aromatic rings. The Morgan fingerprint density at radius 1 is 1.11 bits per heavy atom. The van der Waals surface area contributed by atoms with E-state index in [1.165, 1.54) is 38.3 Å². The molecule has 0 aliphatic carbocycles. The molecule has 0 bridgehead atoms. The number of anilines is 1. The molecule has 0 radical (unpaired) electrons. The monoisotopic (exact) mass is 410 g/mol. The van der Waals surface area contributed by atoms with Crippen molar-refractivity contribution in [3.05, 3.63) is 54.3 Å². The fraction of sp³-hybridized carbons (Fsp3) is 0.316. The van der Waals surface area contributed by atoms with E-state index >= 15 is 0 Å². The molecule has 0 aliphatic rings. The van der Waals surface area contributed by atoms with Gasteiger partial charge in [0.25, 0.3) is 0 Å². The number of sulfonamides is 1. The second-order valence-corrected chi connectivity index (χ2v) is 7.89. The van der Waals surface area contributed by atoms with Gasteiger partial charge in [-0.05, 0) is 55.5 Å². The van der Waals surface area contributed by atoms with Crippen LogP contribution in [-0.2, 0) is 14.8 Å². The molecule has 0 fully saturated rings. The number of carbonyl (C=O) groups excluding carboxylic acids is 1. The molecule has 1 atom stereocenters. The Hall–Kier alpha value is -2.81. The number of nitrogens with one attached hydrogen (secondary N) is 1. The topological polar surface area (TPSA) is 84.9 Å². The second-order valence-electron chi connectivity index (χ2n) is 6.03. The lowest BCUT2D eigenvalue weighted by atomic mass is 10.2. The summed E-state index contributed by atoms with van der Waals surface area (Å²) in [5.74, 6) is 0.213. The predicted molar refractivity (Wildman–Crippen MR) is 105 cm³/mol. The van der Waals surface area contributed by atoms with Crippen LogP contribution in [0, 0.1) is 5.82 Å². The van der Waals surface area contributed by atoms with Crippen molar-refractivity contribution in [2.75, 3.05) is 30.8 Å². The minimum absolute atomic E-state index is 0.158. The Bertz CT molecular complexity index is 886. The minimum atomic E-state index is -3.69. The molecule has 0 aliphatic heterocycles. The maximum Gasteiger partial charge on any atom is 0.243 e. The van der Waals surface area contributed by atoms with Gasteiger partial charge in [-0.3, -0.25) is 9.10 Å². The maximum atomic E-state index is 12.9. The summed E-state index contributed by atoms with van der Waals surface area (Å²) in [6.07, 6.45) is 1.04. The van der Waals surface area contributed by atoms with Gasteiger partial charge in [0, 0.05) is 0 Å². The third kappa shape index (κ3) is 5.85. The van der Waals surface area contributed by atoms with Gasteiger partial charge in [0.2, 0.25) is 15.9 Å². The summed E-state index contributed by atoms with van der Waals surface area (Å²) in [7, 11) is -2.19. The molecular formula is C19H23FN2O5S. The Balaban J connectivity index is 1.97. The summed E-state index contributed by atoms with van der Waals surface area (Å²) in [6.45, 7) is 1.83. The number of hydrogen-bond acceptors (Lipinski definition) is 5. The number of rotatable bonds is 9. The molecule has 1 N–H and O–H groups in total. The van der Waals surface area contributed by atoms with Gasteiger partial charge in [0.15, 0.2) is 0 Å². The van der Waals surface area contributed by atoms with E-state index in [9.17, 15) is 17.6 Å². The highest BCUT2D eigenvalue weighted by Crippen LogP contribution is 2.23. The predicted octanol–water partition coefficient (Wildman–Crippen LogP) is 2.18. The molecule has 28 heavy (non-hydrogen) atoms. The maximum absolute atomic E-state index is 12.9. The first-order valence-electron chi connectivity index (χ1n) is 8.52. The van der Waals surface area contributed by atoms with E-state index in [2.05, 4.69) is 5.32 Å². The van der Waals surface area contributed by atoms with Crippen LogP contribution in [0.15, 0.2) is 48.5 Å². The molecule has 9 heteroatoms. The van der Waals surface area contributed by atoms with E-state index in [0.717, 1.165) is 10.6 Å². The zero-order chi connectivity index (χ0) is 20.7. The van der Waals surface area contributed by atoms with Crippen LogP contribution in [-0.4, -0.2) is 46.9 Å². The Morgan fingerprint density at radius 3 is 2.21 bits per heavy atom. The minimum Gasteiger partial charge on any atom is -0.497 e. The second kappa shape index (κ2) is 9.41. The summed E-state index contributed by atoms with van der Waals surface area (Å²) in [5, 5.41) is 2.64. The molecule has 1 amide bonds. The van der Waals surface area contributed by atoms with Crippen molar-refractivity contribution in [2.45, 2.75) is 13.0 Å². The number of benzene rings is 2. The van der Waals surface area contributed by atoms with Crippen LogP contribution >= 0.6 is 0 Å². The Kier molecular flexibility index (Phi) is 7.22. The number of halogens is 1. The van der Waals surface area contributed by atoms with Gasteiger partial charge in [-0.2, -0.15) is 0 Å². The molecule has 0 saturated heterocycles. The molecule has 0 aromatic heterocycles. The van der Waals surface area contributed by atoms with Gasteiger partial charge in [0.05, 0.1) is 25.6 Å². The van der Waals surface area contributed by atoms with Crippen molar-refractivity contribution >= 4 is 21.6 Å². The number of amides is 1. The average molecular weight is 410 g/mol. The van der Waals surface area contributed by atoms with Gasteiger partial charge in [0.1, 0.15) is 30.0 Å². The van der Waals surface area contributed by atoms with Crippen LogP contribution < -0.4 is 19.1 Å². The van der Waals surface area contributed by atoms with Crippen LogP contribution in [0.2, 0.25) is 0 Å². The zero-order valence-electron chi connectivity index (χ0n) is 15.9. The van der Waals surface area contributed by atoms with E-state index < -0.39 is 22.0 Å². The fourth-order valence-electron chi connectivity index (χ4n) is 2.56. The van der Waals surface area contributed by atoms with E-state index in [1.807, 2.05) is 0 Å². The van der Waals surface area contributed by atoms with Crippen LogP contribution in [0.1, 0.15) is 6.92 Å². The van der Waals surface area contributed by atoms with Gasteiger partial charge in [-0.15, -0.1) is 0 Å². The first kappa shape index (κ1) is 21.5. The lowest BCUT2D eigenvalue weighted by Crippen LogP contribution is -2.48. The van der Waals surface area contributed by atoms with Gasteiger partial charge in [-0.25, -0.2) is 12.8 Å². The molecule has 2 rings (SSSR count). The Morgan fingerprint density at radius 2 is 1.68 bits per heavy atom. The highest BCUT2D eigenvalue weighted by molar-refractivity contribution is 7.92. The third-order valence-electron chi connectivity index (χ3n) is 3.90. The molecule has 0 saturated carbocycles. The quantitative estimate of drug-likeness (QED) is 0.641. The van der Waals surface area contributed by atoms with Crippen molar-refractivity contribution < 1.29 is 27.1 Å². The zero-order valence-corrected chi connectivity index (χ0v) is 16.7. The lowest BCUT2D eigenvalue weighted by molar-refractivity contribution is -0.121. The van der Waals surface area contributed by atoms with Gasteiger partial charge >= 0.3 is 0 Å². The molecule has 152 valence electrons. The first-order chi connectivity index (χ1) is 13.2. The van der Waals surface area contributed by atoms with Crippen LogP contribution in [0.5, 0.6) is 11.5 Å². The molecule has 2 aromatic carbocycles. The molecule has 0 spiro atoms. The third-order valence-corrected chi connectivity index (χ3v) is 5.14. The fourth-order valence-corrected chi connectivity index (χ4v) is 3.73. The first-order valence-corrected chi connectivity index (χ1v) is 10.4. The standard InChI is InChI=1S/C19H23FN2O5S/c1-14(19(23)21-12-13-27-18-8-4-15(20)5-9-18)22(28(3,24)25)16-6-10-17(26-2)11-7-16/h4-11,14H,12-13H2,1-3H3,(H,21,23)/t14-/m1/s1. The molecule has 0 unspecified atom stereocenters. The SMILES string of the molecule is COc1ccc(N([C@H](C)C(=O)NCCOc2ccc(F)cc2)S(C)(=O)=O)cc1. The smallest absolute Gasteiger partial charge is 0.243 e. The largest absolute Gasteiger partial charge is 0.497 e. The number of carbonyl (C=O) groups is 1. The van der Waals surface area contributed by atoms with Crippen molar-refractivity contribution in [3.8, 4) is 11.5 Å². The number of ether oxygens (including phenoxy) is 2. The van der Waals surface area contributed by atoms with E-state index in [4.69, 9.17) is 9.47 Å². The summed E-state index contributed by atoms with van der Waals surface area (Å²) in [5.41, 5.74) is 0.355. The summed E-state index contributed by atoms with van der Waals surface area (Å²) in [4.78, 5) is 12.4. The summed E-state index contributed by atoms with van der Waals surface area (Å²) < 4.78 is 48.8. The van der Waals surface area contributed by atoms with Crippen LogP contribution in [0.25, 0.3) is 0 Å². The highest BCUT2D eigenvalue weighted by atomic mass is 32.2. The van der Waals surface area contributed by atoms with Crippen molar-refractivity contribution in [1.82, 2.24) is 5.32 Å². The van der Waals surface area contributed by atoms with Gasteiger partial charge < -0.3 is 14.8 Å². The lowest BCUT2D eigenvalue weighted by Gasteiger charge is -2.28. The average Bonchev–Trinajstić information content (AvgIpc) is 2.66. The van der Waals surface area contributed by atoms with E-state index in [0.29, 0.717) is 17.2 Å². The van der Waals surface area contributed by atoms with Gasteiger partial charge in [-0.1, -0.05) is 0 Å². The highest BCUT2D eigenvalue weighted by Gasteiger charge is 2.28. The molecule has 7 nitrogen and oxygen atoms in total. The number of methoxy groups -OCH3 is 1. The summed E-state index contributed by atoms with van der Waals surface area (Å²) >= 11 is 0. The van der Waals surface area contributed by atoms with Crippen molar-refractivity contribution in [3.63, 3.8) is 0 Å². The normalized spacial score (nSPS) is 12.1.